The highest BCUT2D eigenvalue weighted by Gasteiger charge is 2.18. The molecule has 3 nitrogen and oxygen atoms in total. The van der Waals surface area contributed by atoms with Crippen LogP contribution in [0.1, 0.15) is 18.1 Å². The third-order valence-corrected chi connectivity index (χ3v) is 2.47. The molecular formula is C13H19NO2. The van der Waals surface area contributed by atoms with E-state index < -0.39 is 0 Å². The second-order valence-electron chi connectivity index (χ2n) is 3.88. The van der Waals surface area contributed by atoms with E-state index in [0.29, 0.717) is 19.6 Å². The first-order chi connectivity index (χ1) is 7.67. The molecule has 0 saturated heterocycles. The van der Waals surface area contributed by atoms with Crippen LogP contribution in [0.2, 0.25) is 0 Å². The SMILES string of the molecule is CCOC(=O)C(CN)Cc1cccc(C)c1. The molecule has 0 aliphatic carbocycles. The second kappa shape index (κ2) is 6.28. The van der Waals surface area contributed by atoms with Gasteiger partial charge in [0.25, 0.3) is 0 Å². The zero-order valence-electron chi connectivity index (χ0n) is 9.90. The molecule has 1 aromatic rings. The molecule has 0 aliphatic heterocycles. The van der Waals surface area contributed by atoms with E-state index in [-0.39, 0.29) is 11.9 Å². The van der Waals surface area contributed by atoms with Crippen LogP contribution in [-0.4, -0.2) is 19.1 Å². The number of benzene rings is 1. The Morgan fingerprint density at radius 1 is 1.50 bits per heavy atom. The Kier molecular flexibility index (Phi) is 4.99. The summed E-state index contributed by atoms with van der Waals surface area (Å²) in [5.74, 6) is -0.437. The van der Waals surface area contributed by atoms with Gasteiger partial charge in [0.15, 0.2) is 0 Å². The van der Waals surface area contributed by atoms with Gasteiger partial charge in [-0.1, -0.05) is 29.8 Å². The summed E-state index contributed by atoms with van der Waals surface area (Å²) in [5.41, 5.74) is 7.91. The molecule has 1 atom stereocenters. The minimum Gasteiger partial charge on any atom is -0.466 e. The van der Waals surface area contributed by atoms with Crippen molar-refractivity contribution < 1.29 is 9.53 Å². The predicted octanol–water partition coefficient (Wildman–Crippen LogP) is 1.68. The monoisotopic (exact) mass is 221 g/mol. The van der Waals surface area contributed by atoms with Crippen molar-refractivity contribution in [3.05, 3.63) is 35.4 Å². The minimum atomic E-state index is -0.234. The van der Waals surface area contributed by atoms with Gasteiger partial charge in [-0.3, -0.25) is 4.79 Å². The highest BCUT2D eigenvalue weighted by atomic mass is 16.5. The minimum absolute atomic E-state index is 0.202. The van der Waals surface area contributed by atoms with Crippen LogP contribution in [0.3, 0.4) is 0 Å². The van der Waals surface area contributed by atoms with Crippen molar-refractivity contribution >= 4 is 5.97 Å². The third-order valence-electron chi connectivity index (χ3n) is 2.47. The van der Waals surface area contributed by atoms with E-state index >= 15 is 0 Å². The van der Waals surface area contributed by atoms with Crippen molar-refractivity contribution in [3.63, 3.8) is 0 Å². The van der Waals surface area contributed by atoms with Gasteiger partial charge in [0.05, 0.1) is 12.5 Å². The van der Waals surface area contributed by atoms with Gasteiger partial charge in [0, 0.05) is 6.54 Å². The van der Waals surface area contributed by atoms with E-state index in [1.807, 2.05) is 25.1 Å². The van der Waals surface area contributed by atoms with Gasteiger partial charge < -0.3 is 10.5 Å². The number of hydrogen-bond donors (Lipinski definition) is 1. The Bertz CT molecular complexity index is 350. The lowest BCUT2D eigenvalue weighted by molar-refractivity contribution is -0.147. The summed E-state index contributed by atoms with van der Waals surface area (Å²) >= 11 is 0. The molecule has 0 amide bonds. The second-order valence-corrected chi connectivity index (χ2v) is 3.88. The van der Waals surface area contributed by atoms with Crippen molar-refractivity contribution in [2.45, 2.75) is 20.3 Å². The fraction of sp³-hybridized carbons (Fsp3) is 0.462. The Balaban J connectivity index is 2.66. The van der Waals surface area contributed by atoms with E-state index in [9.17, 15) is 4.79 Å². The molecular weight excluding hydrogens is 202 g/mol. The first-order valence-corrected chi connectivity index (χ1v) is 5.59. The molecule has 1 unspecified atom stereocenters. The molecule has 16 heavy (non-hydrogen) atoms. The molecule has 0 heterocycles. The Morgan fingerprint density at radius 3 is 2.81 bits per heavy atom. The fourth-order valence-corrected chi connectivity index (χ4v) is 1.65. The summed E-state index contributed by atoms with van der Waals surface area (Å²) in [7, 11) is 0. The Labute approximate surface area is 96.6 Å². The lowest BCUT2D eigenvalue weighted by atomic mass is 9.98. The highest BCUT2D eigenvalue weighted by molar-refractivity contribution is 5.73. The zero-order chi connectivity index (χ0) is 12.0. The molecule has 1 aromatic carbocycles. The normalized spacial score (nSPS) is 12.2. The van der Waals surface area contributed by atoms with Crippen LogP contribution < -0.4 is 5.73 Å². The molecule has 0 spiro atoms. The molecule has 1 rings (SSSR count). The summed E-state index contributed by atoms with van der Waals surface area (Å²) in [5, 5.41) is 0. The van der Waals surface area contributed by atoms with E-state index in [4.69, 9.17) is 10.5 Å². The van der Waals surface area contributed by atoms with E-state index in [0.717, 1.165) is 5.56 Å². The number of nitrogens with two attached hydrogens (primary N) is 1. The summed E-state index contributed by atoms with van der Waals surface area (Å²) in [6.45, 7) is 4.57. The number of ether oxygens (including phenoxy) is 1. The maximum Gasteiger partial charge on any atom is 0.310 e. The largest absolute Gasteiger partial charge is 0.466 e. The maximum absolute atomic E-state index is 11.6. The van der Waals surface area contributed by atoms with Gasteiger partial charge in [0.2, 0.25) is 0 Å². The van der Waals surface area contributed by atoms with Crippen molar-refractivity contribution in [1.29, 1.82) is 0 Å². The van der Waals surface area contributed by atoms with Gasteiger partial charge in [-0.05, 0) is 25.8 Å². The first-order valence-electron chi connectivity index (χ1n) is 5.59. The van der Waals surface area contributed by atoms with E-state index in [1.54, 1.807) is 6.92 Å². The van der Waals surface area contributed by atoms with E-state index in [2.05, 4.69) is 6.07 Å². The Morgan fingerprint density at radius 2 is 2.25 bits per heavy atom. The van der Waals surface area contributed by atoms with Crippen molar-refractivity contribution in [3.8, 4) is 0 Å². The van der Waals surface area contributed by atoms with Crippen LogP contribution in [-0.2, 0) is 16.0 Å². The number of esters is 1. The van der Waals surface area contributed by atoms with Crippen molar-refractivity contribution in [1.82, 2.24) is 0 Å². The summed E-state index contributed by atoms with van der Waals surface area (Å²) in [6.07, 6.45) is 0.650. The standard InChI is InChI=1S/C13H19NO2/c1-3-16-13(15)12(9-14)8-11-6-4-5-10(2)7-11/h4-7,12H,3,8-9,14H2,1-2H3. The van der Waals surface area contributed by atoms with Gasteiger partial charge in [-0.2, -0.15) is 0 Å². The van der Waals surface area contributed by atoms with Crippen LogP contribution in [0.5, 0.6) is 0 Å². The smallest absolute Gasteiger partial charge is 0.310 e. The first kappa shape index (κ1) is 12.7. The molecule has 0 aliphatic rings. The van der Waals surface area contributed by atoms with Crippen LogP contribution >= 0.6 is 0 Å². The molecule has 0 bridgehead atoms. The van der Waals surface area contributed by atoms with Crippen LogP contribution in [0.15, 0.2) is 24.3 Å². The fourth-order valence-electron chi connectivity index (χ4n) is 1.65. The van der Waals surface area contributed by atoms with Crippen LogP contribution in [0, 0.1) is 12.8 Å². The number of aryl methyl sites for hydroxylation is 1. The average Bonchev–Trinajstić information content (AvgIpc) is 2.26. The highest BCUT2D eigenvalue weighted by Crippen LogP contribution is 2.11. The summed E-state index contributed by atoms with van der Waals surface area (Å²) in [4.78, 5) is 11.6. The molecule has 88 valence electrons. The van der Waals surface area contributed by atoms with Gasteiger partial charge in [-0.25, -0.2) is 0 Å². The summed E-state index contributed by atoms with van der Waals surface area (Å²) < 4.78 is 4.98. The Hall–Kier alpha value is -1.35. The number of carbonyl (C=O) groups excluding carboxylic acids is 1. The quantitative estimate of drug-likeness (QED) is 0.770. The number of carbonyl (C=O) groups is 1. The molecule has 0 saturated carbocycles. The number of hydrogen-bond acceptors (Lipinski definition) is 3. The molecule has 2 N–H and O–H groups in total. The average molecular weight is 221 g/mol. The topological polar surface area (TPSA) is 52.3 Å². The van der Waals surface area contributed by atoms with Crippen molar-refractivity contribution in [2.75, 3.05) is 13.2 Å². The predicted molar refractivity (Wildman–Crippen MR) is 64.1 cm³/mol. The lowest BCUT2D eigenvalue weighted by Gasteiger charge is -2.13. The van der Waals surface area contributed by atoms with Gasteiger partial charge in [-0.15, -0.1) is 0 Å². The van der Waals surface area contributed by atoms with Crippen molar-refractivity contribution in [2.24, 2.45) is 11.7 Å². The third kappa shape index (κ3) is 3.66. The molecule has 0 fully saturated rings. The molecule has 0 aromatic heterocycles. The summed E-state index contributed by atoms with van der Waals surface area (Å²) in [6, 6.07) is 8.10. The number of rotatable bonds is 5. The zero-order valence-corrected chi connectivity index (χ0v) is 9.90. The molecule has 0 radical (unpaired) electrons. The van der Waals surface area contributed by atoms with Crippen LogP contribution in [0.4, 0.5) is 0 Å². The molecule has 3 heteroatoms. The van der Waals surface area contributed by atoms with Gasteiger partial charge >= 0.3 is 5.97 Å². The van der Waals surface area contributed by atoms with E-state index in [1.165, 1.54) is 5.56 Å². The lowest BCUT2D eigenvalue weighted by Crippen LogP contribution is -2.27. The van der Waals surface area contributed by atoms with Gasteiger partial charge in [0.1, 0.15) is 0 Å². The maximum atomic E-state index is 11.6. The van der Waals surface area contributed by atoms with Crippen LogP contribution in [0.25, 0.3) is 0 Å².